The van der Waals surface area contributed by atoms with Crippen molar-refractivity contribution in [3.05, 3.63) is 12.2 Å². The van der Waals surface area contributed by atoms with Gasteiger partial charge >= 0.3 is 0 Å². The molecule has 0 radical (unpaired) electrons. The Balaban J connectivity index is 0. The second kappa shape index (κ2) is 8.48. The molecule has 0 aliphatic heterocycles. The van der Waals surface area contributed by atoms with Gasteiger partial charge in [-0.1, -0.05) is 27.7 Å². The smallest absolute Gasteiger partial charge is 0.246 e. The monoisotopic (exact) mass is 199 g/mol. The van der Waals surface area contributed by atoms with Crippen LogP contribution in [0.4, 0.5) is 0 Å². The van der Waals surface area contributed by atoms with Crippen LogP contribution in [-0.4, -0.2) is 30.7 Å². The summed E-state index contributed by atoms with van der Waals surface area (Å²) in [6.45, 7) is 7.60. The number of ketones is 1. The van der Waals surface area contributed by atoms with Gasteiger partial charge in [-0.3, -0.25) is 9.59 Å². The summed E-state index contributed by atoms with van der Waals surface area (Å²) in [5, 5.41) is 0. The lowest BCUT2D eigenvalue weighted by atomic mass is 10.1. The molecular weight excluding hydrogens is 178 g/mol. The van der Waals surface area contributed by atoms with Crippen LogP contribution < -0.4 is 0 Å². The molecule has 3 nitrogen and oxygen atoms in total. The third-order valence-corrected chi connectivity index (χ3v) is 1.40. The number of allylic oxidation sites excluding steroid dienone is 1. The first kappa shape index (κ1) is 15.4. The topological polar surface area (TPSA) is 37.4 Å². The van der Waals surface area contributed by atoms with Crippen molar-refractivity contribution in [1.29, 1.82) is 0 Å². The minimum absolute atomic E-state index is 0.0230. The molecule has 0 rings (SSSR count). The Labute approximate surface area is 86.8 Å². The van der Waals surface area contributed by atoms with Crippen LogP contribution in [0.25, 0.3) is 0 Å². The van der Waals surface area contributed by atoms with Gasteiger partial charge in [0.1, 0.15) is 0 Å². The van der Waals surface area contributed by atoms with E-state index in [0.29, 0.717) is 0 Å². The molecule has 0 atom stereocenters. The Morgan fingerprint density at radius 2 is 1.50 bits per heavy atom. The molecule has 0 fully saturated rings. The molecule has 0 aromatic heterocycles. The van der Waals surface area contributed by atoms with Gasteiger partial charge in [0.2, 0.25) is 5.91 Å². The average molecular weight is 199 g/mol. The molecule has 0 N–H and O–H groups in total. The van der Waals surface area contributed by atoms with Crippen molar-refractivity contribution >= 4 is 11.7 Å². The third-order valence-electron chi connectivity index (χ3n) is 1.40. The zero-order valence-electron chi connectivity index (χ0n) is 10.00. The summed E-state index contributed by atoms with van der Waals surface area (Å²) in [7, 11) is 3.29. The second-order valence-electron chi connectivity index (χ2n) is 3.12. The van der Waals surface area contributed by atoms with E-state index in [9.17, 15) is 9.59 Å². The normalized spacial score (nSPS) is 9.64. The van der Waals surface area contributed by atoms with Gasteiger partial charge in [-0.05, 0) is 6.08 Å². The highest BCUT2D eigenvalue weighted by Crippen LogP contribution is 1.95. The van der Waals surface area contributed by atoms with Gasteiger partial charge in [0.05, 0.1) is 0 Å². The lowest BCUT2D eigenvalue weighted by Gasteiger charge is -2.05. The fourth-order valence-electron chi connectivity index (χ4n) is 0.495. The summed E-state index contributed by atoms with van der Waals surface area (Å²) in [5.74, 6) is -0.231. The maximum Gasteiger partial charge on any atom is 0.246 e. The van der Waals surface area contributed by atoms with Gasteiger partial charge in [-0.25, -0.2) is 0 Å². The maximum absolute atomic E-state index is 11.0. The molecule has 1 amide bonds. The quantitative estimate of drug-likeness (QED) is 0.651. The van der Waals surface area contributed by atoms with E-state index >= 15 is 0 Å². The molecule has 0 saturated heterocycles. The maximum atomic E-state index is 11.0. The zero-order valence-corrected chi connectivity index (χ0v) is 10.00. The van der Waals surface area contributed by atoms with Gasteiger partial charge < -0.3 is 4.90 Å². The Hall–Kier alpha value is -1.12. The molecule has 0 aromatic rings. The molecule has 3 heteroatoms. The highest BCUT2D eigenvalue weighted by Gasteiger charge is 2.03. The summed E-state index contributed by atoms with van der Waals surface area (Å²) < 4.78 is 0. The molecule has 0 spiro atoms. The standard InChI is InChI=1S/C9H15NO2.C2H6/c1-7(2)8(11)5-6-9(12)10(3)4;1-2/h5-7H,1-4H3;1-2H3/b6-5+;. The van der Waals surface area contributed by atoms with E-state index in [1.54, 1.807) is 27.9 Å². The van der Waals surface area contributed by atoms with Crippen LogP contribution in [0.3, 0.4) is 0 Å². The van der Waals surface area contributed by atoms with Gasteiger partial charge in [0.25, 0.3) is 0 Å². The predicted octanol–water partition coefficient (Wildman–Crippen LogP) is 1.88. The Morgan fingerprint density at radius 1 is 1.07 bits per heavy atom. The van der Waals surface area contributed by atoms with Gasteiger partial charge in [-0.15, -0.1) is 0 Å². The van der Waals surface area contributed by atoms with E-state index in [1.807, 2.05) is 13.8 Å². The highest BCUT2D eigenvalue weighted by molar-refractivity contribution is 5.98. The first-order chi connectivity index (χ1) is 6.45. The minimum atomic E-state index is -0.163. The summed E-state index contributed by atoms with van der Waals surface area (Å²) >= 11 is 0. The Bertz CT molecular complexity index is 183. The van der Waals surface area contributed by atoms with Crippen LogP contribution in [0.15, 0.2) is 12.2 Å². The fourth-order valence-corrected chi connectivity index (χ4v) is 0.495. The first-order valence-corrected chi connectivity index (χ1v) is 4.88. The molecule has 14 heavy (non-hydrogen) atoms. The highest BCUT2D eigenvalue weighted by atomic mass is 16.2. The van der Waals surface area contributed by atoms with Crippen LogP contribution >= 0.6 is 0 Å². The molecule has 0 bridgehead atoms. The third kappa shape index (κ3) is 7.53. The van der Waals surface area contributed by atoms with E-state index in [1.165, 1.54) is 17.1 Å². The molecule has 0 saturated carbocycles. The van der Waals surface area contributed by atoms with Crippen LogP contribution in [0, 0.1) is 5.92 Å². The Kier molecular flexibility index (Phi) is 9.30. The summed E-state index contributed by atoms with van der Waals surface area (Å²) in [4.78, 5) is 23.4. The second-order valence-corrected chi connectivity index (χ2v) is 3.12. The Morgan fingerprint density at radius 3 is 1.79 bits per heavy atom. The number of carbonyl (C=O) groups is 2. The molecular formula is C11H21NO2. The van der Waals surface area contributed by atoms with Crippen molar-refractivity contribution in [3.8, 4) is 0 Å². The van der Waals surface area contributed by atoms with E-state index in [-0.39, 0.29) is 17.6 Å². The molecule has 0 aromatic carbocycles. The number of carbonyl (C=O) groups excluding carboxylic acids is 2. The SMILES string of the molecule is CC.CC(C)C(=O)/C=C/C(=O)N(C)C. The lowest BCUT2D eigenvalue weighted by molar-refractivity contribution is -0.124. The fraction of sp³-hybridized carbons (Fsp3) is 0.636. The van der Waals surface area contributed by atoms with Crippen molar-refractivity contribution in [2.45, 2.75) is 27.7 Å². The summed E-state index contributed by atoms with van der Waals surface area (Å²) in [5.41, 5.74) is 0. The summed E-state index contributed by atoms with van der Waals surface area (Å²) in [6, 6.07) is 0. The molecule has 0 heterocycles. The van der Waals surface area contributed by atoms with Gasteiger partial charge in [-0.2, -0.15) is 0 Å². The van der Waals surface area contributed by atoms with Crippen molar-refractivity contribution < 1.29 is 9.59 Å². The van der Waals surface area contributed by atoms with Crippen molar-refractivity contribution in [2.24, 2.45) is 5.92 Å². The van der Waals surface area contributed by atoms with E-state index < -0.39 is 0 Å². The van der Waals surface area contributed by atoms with Crippen molar-refractivity contribution in [3.63, 3.8) is 0 Å². The predicted molar refractivity (Wildman–Crippen MR) is 59.0 cm³/mol. The first-order valence-electron chi connectivity index (χ1n) is 4.88. The summed E-state index contributed by atoms with van der Waals surface area (Å²) in [6.07, 6.45) is 2.62. The average Bonchev–Trinajstić information content (AvgIpc) is 2.16. The molecule has 0 aliphatic carbocycles. The van der Waals surface area contributed by atoms with Crippen LogP contribution in [0.2, 0.25) is 0 Å². The van der Waals surface area contributed by atoms with Crippen LogP contribution in [0.1, 0.15) is 27.7 Å². The van der Waals surface area contributed by atoms with E-state index in [4.69, 9.17) is 0 Å². The number of likely N-dealkylation sites (N-methyl/N-ethyl adjacent to an activating group) is 1. The van der Waals surface area contributed by atoms with Gasteiger partial charge in [0, 0.05) is 26.1 Å². The van der Waals surface area contributed by atoms with Gasteiger partial charge in [0.15, 0.2) is 5.78 Å². The van der Waals surface area contributed by atoms with Crippen molar-refractivity contribution in [1.82, 2.24) is 4.90 Å². The number of hydrogen-bond donors (Lipinski definition) is 0. The lowest BCUT2D eigenvalue weighted by Crippen LogP contribution is -2.19. The van der Waals surface area contributed by atoms with Crippen LogP contribution in [0.5, 0.6) is 0 Å². The number of amides is 1. The molecule has 0 aliphatic rings. The van der Waals surface area contributed by atoms with Crippen molar-refractivity contribution in [2.75, 3.05) is 14.1 Å². The number of nitrogens with zero attached hydrogens (tertiary/aromatic N) is 1. The number of hydrogen-bond acceptors (Lipinski definition) is 2. The molecule has 82 valence electrons. The van der Waals surface area contributed by atoms with E-state index in [2.05, 4.69) is 0 Å². The zero-order chi connectivity index (χ0) is 11.7. The minimum Gasteiger partial charge on any atom is -0.345 e. The van der Waals surface area contributed by atoms with Crippen LogP contribution in [-0.2, 0) is 9.59 Å². The van der Waals surface area contributed by atoms with E-state index in [0.717, 1.165) is 0 Å². The number of rotatable bonds is 3. The largest absolute Gasteiger partial charge is 0.345 e. The molecule has 0 unspecified atom stereocenters.